The molecule has 2 amide bonds. The lowest BCUT2D eigenvalue weighted by Crippen LogP contribution is -2.53. The maximum Gasteiger partial charge on any atom is 0.323 e. The number of amides is 2. The van der Waals surface area contributed by atoms with Crippen LogP contribution < -0.4 is 5.32 Å². The van der Waals surface area contributed by atoms with Crippen molar-refractivity contribution in [1.29, 1.82) is 0 Å². The number of carboxylic acid groups (broad SMARTS) is 1. The Kier molecular flexibility index (Phi) is 4.86. The molecule has 0 aromatic carbocycles. The van der Waals surface area contributed by atoms with E-state index in [1.807, 2.05) is 0 Å². The Morgan fingerprint density at radius 3 is 2.60 bits per heavy atom. The predicted molar refractivity (Wildman–Crippen MR) is 75.5 cm³/mol. The number of carboxylic acids is 1. The summed E-state index contributed by atoms with van der Waals surface area (Å²) in [4.78, 5) is 26.9. The lowest BCUT2D eigenvalue weighted by atomic mass is 9.94. The summed E-state index contributed by atoms with van der Waals surface area (Å²) >= 11 is 0. The van der Waals surface area contributed by atoms with Gasteiger partial charge < -0.3 is 20.2 Å². The molecule has 2 fully saturated rings. The van der Waals surface area contributed by atoms with Gasteiger partial charge in [0.2, 0.25) is 0 Å². The molecule has 0 radical (unpaired) electrons. The average molecular weight is 283 g/mol. The molecule has 6 nitrogen and oxygen atoms in total. The molecule has 0 aromatic rings. The van der Waals surface area contributed by atoms with Gasteiger partial charge in [0.05, 0.1) is 0 Å². The van der Waals surface area contributed by atoms with Crippen LogP contribution in [-0.2, 0) is 4.79 Å². The van der Waals surface area contributed by atoms with E-state index in [1.165, 1.54) is 4.90 Å². The maximum absolute atomic E-state index is 12.3. The summed E-state index contributed by atoms with van der Waals surface area (Å²) in [6.07, 6.45) is 3.13. The number of aliphatic carboxylic acids is 1. The topological polar surface area (TPSA) is 72.9 Å². The second-order valence-electron chi connectivity index (χ2n) is 6.30. The van der Waals surface area contributed by atoms with Crippen LogP contribution >= 0.6 is 0 Å². The predicted octanol–water partition coefficient (Wildman–Crippen LogP) is 0.833. The molecule has 2 unspecified atom stereocenters. The number of carbonyl (C=O) groups excluding carboxylic acids is 1. The van der Waals surface area contributed by atoms with Gasteiger partial charge in [-0.05, 0) is 44.7 Å². The number of nitrogens with one attached hydrogen (secondary N) is 1. The number of hydrogen-bond donors (Lipinski definition) is 2. The zero-order valence-corrected chi connectivity index (χ0v) is 12.3. The highest BCUT2D eigenvalue weighted by molar-refractivity contribution is 5.80. The highest BCUT2D eigenvalue weighted by Crippen LogP contribution is 2.29. The van der Waals surface area contributed by atoms with Crippen molar-refractivity contribution >= 4 is 12.0 Å². The first-order chi connectivity index (χ1) is 9.45. The molecule has 1 aliphatic carbocycles. The van der Waals surface area contributed by atoms with E-state index < -0.39 is 5.97 Å². The molecule has 114 valence electrons. The second-order valence-corrected chi connectivity index (χ2v) is 6.30. The first-order valence-electron chi connectivity index (χ1n) is 7.41. The van der Waals surface area contributed by atoms with E-state index in [4.69, 9.17) is 5.11 Å². The van der Waals surface area contributed by atoms with Crippen molar-refractivity contribution in [2.75, 3.05) is 33.2 Å². The van der Waals surface area contributed by atoms with Crippen LogP contribution in [0.15, 0.2) is 0 Å². The second kappa shape index (κ2) is 6.43. The number of rotatable bonds is 5. The van der Waals surface area contributed by atoms with Crippen LogP contribution in [0.4, 0.5) is 4.79 Å². The Balaban J connectivity index is 1.87. The van der Waals surface area contributed by atoms with E-state index >= 15 is 0 Å². The number of hydrogen-bond acceptors (Lipinski definition) is 3. The van der Waals surface area contributed by atoms with E-state index in [2.05, 4.69) is 24.2 Å². The molecule has 0 spiro atoms. The normalized spacial score (nSPS) is 27.1. The number of likely N-dealkylation sites (tertiary alicyclic amines) is 1. The van der Waals surface area contributed by atoms with E-state index in [0.717, 1.165) is 32.4 Å². The van der Waals surface area contributed by atoms with Crippen LogP contribution in [0.1, 0.15) is 26.2 Å². The summed E-state index contributed by atoms with van der Waals surface area (Å²) in [6.45, 7) is 4.43. The molecule has 2 aliphatic rings. The molecular formula is C14H25N3O3. The summed E-state index contributed by atoms with van der Waals surface area (Å²) < 4.78 is 0. The lowest BCUT2D eigenvalue weighted by molar-refractivity contribution is -0.137. The molecule has 1 aliphatic heterocycles. The molecule has 2 atom stereocenters. The van der Waals surface area contributed by atoms with Crippen LogP contribution in [0.3, 0.4) is 0 Å². The van der Waals surface area contributed by atoms with Gasteiger partial charge in [0.15, 0.2) is 0 Å². The van der Waals surface area contributed by atoms with Gasteiger partial charge in [-0.1, -0.05) is 6.92 Å². The smallest absolute Gasteiger partial charge is 0.323 e. The standard InChI is InChI=1S/C14H25N3O3/c1-10-7-16(2)6-5-12(10)15-14(20)17(9-13(18)19)8-11-3-4-11/h10-12H,3-9H2,1-2H3,(H,15,20)(H,18,19). The van der Waals surface area contributed by atoms with Crippen molar-refractivity contribution in [3.8, 4) is 0 Å². The summed E-state index contributed by atoms with van der Waals surface area (Å²) in [7, 11) is 2.08. The van der Waals surface area contributed by atoms with Crippen LogP contribution in [0, 0.1) is 11.8 Å². The molecule has 2 N–H and O–H groups in total. The summed E-state index contributed by atoms with van der Waals surface area (Å²) in [6, 6.07) is -0.0742. The number of nitrogens with zero attached hydrogens (tertiary/aromatic N) is 2. The molecule has 2 rings (SSSR count). The minimum atomic E-state index is -0.947. The Labute approximate surface area is 120 Å². The van der Waals surface area contributed by atoms with Gasteiger partial charge in [0, 0.05) is 19.1 Å². The molecule has 1 saturated heterocycles. The number of piperidine rings is 1. The first kappa shape index (κ1) is 15.1. The van der Waals surface area contributed by atoms with Gasteiger partial charge >= 0.3 is 12.0 Å². The SMILES string of the molecule is CC1CN(C)CCC1NC(=O)N(CC(=O)O)CC1CC1. The van der Waals surface area contributed by atoms with Crippen LogP contribution in [0.2, 0.25) is 0 Å². The van der Waals surface area contributed by atoms with Gasteiger partial charge in [-0.15, -0.1) is 0 Å². The average Bonchev–Trinajstić information content (AvgIpc) is 3.15. The molecule has 1 saturated carbocycles. The fraction of sp³-hybridized carbons (Fsp3) is 0.857. The van der Waals surface area contributed by atoms with Gasteiger partial charge in [0.25, 0.3) is 0 Å². The van der Waals surface area contributed by atoms with Crippen LogP contribution in [0.5, 0.6) is 0 Å². The quantitative estimate of drug-likeness (QED) is 0.784. The van der Waals surface area contributed by atoms with Crippen LogP contribution in [0.25, 0.3) is 0 Å². The van der Waals surface area contributed by atoms with Crippen molar-refractivity contribution in [2.45, 2.75) is 32.2 Å². The number of urea groups is 1. The fourth-order valence-corrected chi connectivity index (χ4v) is 2.81. The van der Waals surface area contributed by atoms with Gasteiger partial charge in [-0.3, -0.25) is 4.79 Å². The summed E-state index contributed by atoms with van der Waals surface area (Å²) in [5.74, 6) is -0.0578. The van der Waals surface area contributed by atoms with Crippen LogP contribution in [-0.4, -0.2) is 66.2 Å². The van der Waals surface area contributed by atoms with Crippen molar-refractivity contribution in [3.63, 3.8) is 0 Å². The Bertz CT molecular complexity index is 371. The summed E-state index contributed by atoms with van der Waals surface area (Å²) in [5, 5.41) is 12.0. The van der Waals surface area contributed by atoms with E-state index in [1.54, 1.807) is 0 Å². The fourth-order valence-electron chi connectivity index (χ4n) is 2.81. The van der Waals surface area contributed by atoms with Crippen molar-refractivity contribution in [3.05, 3.63) is 0 Å². The van der Waals surface area contributed by atoms with Crippen molar-refractivity contribution < 1.29 is 14.7 Å². The van der Waals surface area contributed by atoms with Crippen molar-refractivity contribution in [2.24, 2.45) is 11.8 Å². The van der Waals surface area contributed by atoms with Gasteiger partial charge in [0.1, 0.15) is 6.54 Å². The Morgan fingerprint density at radius 1 is 1.35 bits per heavy atom. The minimum Gasteiger partial charge on any atom is -0.480 e. The molecule has 0 bridgehead atoms. The van der Waals surface area contributed by atoms with E-state index in [9.17, 15) is 9.59 Å². The molecule has 0 aromatic heterocycles. The third kappa shape index (κ3) is 4.37. The van der Waals surface area contributed by atoms with E-state index in [-0.39, 0.29) is 18.6 Å². The Hall–Kier alpha value is -1.30. The third-order valence-corrected chi connectivity index (χ3v) is 4.21. The van der Waals surface area contributed by atoms with Crippen molar-refractivity contribution in [1.82, 2.24) is 15.1 Å². The van der Waals surface area contributed by atoms with Gasteiger partial charge in [-0.25, -0.2) is 4.79 Å². The zero-order chi connectivity index (χ0) is 14.7. The van der Waals surface area contributed by atoms with E-state index in [0.29, 0.717) is 18.4 Å². The summed E-state index contributed by atoms with van der Waals surface area (Å²) in [5.41, 5.74) is 0. The Morgan fingerprint density at radius 2 is 2.05 bits per heavy atom. The highest BCUT2D eigenvalue weighted by Gasteiger charge is 2.31. The number of carbonyl (C=O) groups is 2. The lowest BCUT2D eigenvalue weighted by Gasteiger charge is -2.36. The maximum atomic E-state index is 12.3. The molecular weight excluding hydrogens is 258 g/mol. The van der Waals surface area contributed by atoms with Gasteiger partial charge in [-0.2, -0.15) is 0 Å². The zero-order valence-electron chi connectivity index (χ0n) is 12.3. The molecule has 20 heavy (non-hydrogen) atoms. The monoisotopic (exact) mass is 283 g/mol. The molecule has 6 heteroatoms. The largest absolute Gasteiger partial charge is 0.480 e. The highest BCUT2D eigenvalue weighted by atomic mass is 16.4. The minimum absolute atomic E-state index is 0.147. The molecule has 1 heterocycles. The first-order valence-corrected chi connectivity index (χ1v) is 7.41. The third-order valence-electron chi connectivity index (χ3n) is 4.21.